The van der Waals surface area contributed by atoms with Gasteiger partial charge in [-0.3, -0.25) is 4.79 Å². The van der Waals surface area contributed by atoms with Gasteiger partial charge in [0, 0.05) is 7.11 Å². The maximum atomic E-state index is 13.1. The molecule has 0 bridgehead atoms. The summed E-state index contributed by atoms with van der Waals surface area (Å²) in [5.74, 6) is -5.01. The topological polar surface area (TPSA) is 38.3 Å². The van der Waals surface area contributed by atoms with Crippen LogP contribution >= 0.6 is 0 Å². The number of ether oxygens (including phenoxy) is 1. The van der Waals surface area contributed by atoms with Crippen molar-refractivity contribution in [2.75, 3.05) is 12.4 Å². The van der Waals surface area contributed by atoms with Crippen molar-refractivity contribution < 1.29 is 22.7 Å². The number of rotatable bonds is 3. The predicted octanol–water partition coefficient (Wildman–Crippen LogP) is 2.08. The second-order valence-electron chi connectivity index (χ2n) is 3.09. The molecule has 0 saturated heterocycles. The van der Waals surface area contributed by atoms with Gasteiger partial charge < -0.3 is 10.1 Å². The monoisotopic (exact) mass is 233 g/mol. The fraction of sp³-hybridized carbons (Fsp3) is 0.300. The number of benzene rings is 1. The lowest BCUT2D eigenvalue weighted by Crippen LogP contribution is -2.27. The van der Waals surface area contributed by atoms with Crippen LogP contribution < -0.4 is 5.32 Å². The van der Waals surface area contributed by atoms with Gasteiger partial charge in [0.15, 0.2) is 17.5 Å². The van der Waals surface area contributed by atoms with Gasteiger partial charge in [-0.1, -0.05) is 0 Å². The van der Waals surface area contributed by atoms with Gasteiger partial charge in [0.1, 0.15) is 6.10 Å². The molecule has 1 aromatic carbocycles. The van der Waals surface area contributed by atoms with Crippen molar-refractivity contribution in [3.8, 4) is 0 Å². The number of amides is 1. The van der Waals surface area contributed by atoms with E-state index >= 15 is 0 Å². The van der Waals surface area contributed by atoms with Gasteiger partial charge in [0.2, 0.25) is 0 Å². The van der Waals surface area contributed by atoms with Crippen molar-refractivity contribution in [1.82, 2.24) is 0 Å². The summed E-state index contributed by atoms with van der Waals surface area (Å²) in [6.45, 7) is 1.44. The molecule has 3 nitrogen and oxygen atoms in total. The van der Waals surface area contributed by atoms with E-state index in [1.54, 1.807) is 0 Å². The molecule has 0 aliphatic heterocycles. The number of hydrogen-bond acceptors (Lipinski definition) is 2. The third kappa shape index (κ3) is 2.52. The van der Waals surface area contributed by atoms with E-state index in [4.69, 9.17) is 0 Å². The highest BCUT2D eigenvalue weighted by Crippen LogP contribution is 2.19. The summed E-state index contributed by atoms with van der Waals surface area (Å²) in [7, 11) is 1.30. The molecule has 1 unspecified atom stereocenters. The van der Waals surface area contributed by atoms with Gasteiger partial charge in [0.05, 0.1) is 5.69 Å². The molecule has 1 rings (SSSR count). The first-order chi connectivity index (χ1) is 7.47. The van der Waals surface area contributed by atoms with E-state index < -0.39 is 35.2 Å². The van der Waals surface area contributed by atoms with Crippen LogP contribution in [0.1, 0.15) is 6.92 Å². The lowest BCUT2D eigenvalue weighted by Gasteiger charge is -2.11. The van der Waals surface area contributed by atoms with E-state index in [0.29, 0.717) is 0 Å². The Balaban J connectivity index is 2.91. The molecular formula is C10H10F3NO2. The SMILES string of the molecule is COC(C)C(=O)Nc1ccc(F)c(F)c1F. The fourth-order valence-electron chi connectivity index (χ4n) is 0.964. The van der Waals surface area contributed by atoms with Crippen molar-refractivity contribution in [3.05, 3.63) is 29.6 Å². The fourth-order valence-corrected chi connectivity index (χ4v) is 0.964. The Morgan fingerprint density at radius 1 is 1.31 bits per heavy atom. The normalized spacial score (nSPS) is 12.3. The Labute approximate surface area is 90.2 Å². The Bertz CT molecular complexity index is 409. The summed E-state index contributed by atoms with van der Waals surface area (Å²) in [5.41, 5.74) is -0.423. The molecule has 16 heavy (non-hydrogen) atoms. The van der Waals surface area contributed by atoms with Crippen LogP contribution in [0, 0.1) is 17.5 Å². The first-order valence-electron chi connectivity index (χ1n) is 4.44. The highest BCUT2D eigenvalue weighted by molar-refractivity contribution is 5.93. The van der Waals surface area contributed by atoms with Crippen molar-refractivity contribution in [3.63, 3.8) is 0 Å². The van der Waals surface area contributed by atoms with Crippen LogP contribution in [0.2, 0.25) is 0 Å². The van der Waals surface area contributed by atoms with Crippen molar-refractivity contribution in [2.24, 2.45) is 0 Å². The van der Waals surface area contributed by atoms with E-state index in [1.165, 1.54) is 14.0 Å². The van der Waals surface area contributed by atoms with Crippen LogP contribution in [0.25, 0.3) is 0 Å². The van der Waals surface area contributed by atoms with Crippen LogP contribution in [-0.2, 0) is 9.53 Å². The van der Waals surface area contributed by atoms with Crippen molar-refractivity contribution in [2.45, 2.75) is 13.0 Å². The van der Waals surface area contributed by atoms with E-state index in [9.17, 15) is 18.0 Å². The number of anilines is 1. The van der Waals surface area contributed by atoms with Crippen LogP contribution in [0.15, 0.2) is 12.1 Å². The molecule has 0 saturated carbocycles. The number of carbonyl (C=O) groups excluding carboxylic acids is 1. The number of halogens is 3. The minimum Gasteiger partial charge on any atom is -0.372 e. The highest BCUT2D eigenvalue weighted by atomic mass is 19.2. The standard InChI is InChI=1S/C10H10F3NO2/c1-5(16-2)10(15)14-7-4-3-6(11)8(12)9(7)13/h3-5H,1-2H3,(H,14,15). The number of methoxy groups -OCH3 is 1. The van der Waals surface area contributed by atoms with Gasteiger partial charge in [-0.2, -0.15) is 0 Å². The minimum atomic E-state index is -1.62. The molecular weight excluding hydrogens is 223 g/mol. The number of nitrogens with one attached hydrogen (secondary N) is 1. The molecule has 88 valence electrons. The van der Waals surface area contributed by atoms with E-state index in [0.717, 1.165) is 12.1 Å². The number of carbonyl (C=O) groups is 1. The third-order valence-electron chi connectivity index (χ3n) is 2.02. The van der Waals surface area contributed by atoms with Crippen LogP contribution in [0.5, 0.6) is 0 Å². The molecule has 0 heterocycles. The summed E-state index contributed by atoms with van der Waals surface area (Å²) in [6, 6.07) is 1.67. The molecule has 1 N–H and O–H groups in total. The molecule has 0 radical (unpaired) electrons. The third-order valence-corrected chi connectivity index (χ3v) is 2.02. The first kappa shape index (κ1) is 12.5. The lowest BCUT2D eigenvalue weighted by atomic mass is 10.2. The Kier molecular flexibility index (Phi) is 3.89. The second-order valence-corrected chi connectivity index (χ2v) is 3.09. The van der Waals surface area contributed by atoms with Gasteiger partial charge >= 0.3 is 0 Å². The average Bonchev–Trinajstić information content (AvgIpc) is 2.28. The largest absolute Gasteiger partial charge is 0.372 e. The zero-order chi connectivity index (χ0) is 12.3. The Morgan fingerprint density at radius 3 is 2.50 bits per heavy atom. The molecule has 0 fully saturated rings. The van der Waals surface area contributed by atoms with Crippen molar-refractivity contribution >= 4 is 11.6 Å². The molecule has 0 spiro atoms. The first-order valence-corrected chi connectivity index (χ1v) is 4.44. The van der Waals surface area contributed by atoms with Crippen LogP contribution in [0.4, 0.5) is 18.9 Å². The molecule has 1 atom stereocenters. The van der Waals surface area contributed by atoms with Crippen molar-refractivity contribution in [1.29, 1.82) is 0 Å². The molecule has 6 heteroatoms. The minimum absolute atomic E-state index is 0.423. The highest BCUT2D eigenvalue weighted by Gasteiger charge is 2.17. The zero-order valence-electron chi connectivity index (χ0n) is 8.68. The van der Waals surface area contributed by atoms with E-state index in [-0.39, 0.29) is 0 Å². The lowest BCUT2D eigenvalue weighted by molar-refractivity contribution is -0.124. The van der Waals surface area contributed by atoms with E-state index in [2.05, 4.69) is 10.1 Å². The Morgan fingerprint density at radius 2 is 1.94 bits per heavy atom. The summed E-state index contributed by atoms with van der Waals surface area (Å²) in [6.07, 6.45) is -0.812. The number of hydrogen-bond donors (Lipinski definition) is 1. The molecule has 0 aromatic heterocycles. The summed E-state index contributed by atoms with van der Waals surface area (Å²) >= 11 is 0. The van der Waals surface area contributed by atoms with Crippen LogP contribution in [0.3, 0.4) is 0 Å². The van der Waals surface area contributed by atoms with Gasteiger partial charge in [-0.15, -0.1) is 0 Å². The second kappa shape index (κ2) is 4.98. The zero-order valence-corrected chi connectivity index (χ0v) is 8.68. The maximum absolute atomic E-state index is 13.1. The van der Waals surface area contributed by atoms with Gasteiger partial charge in [-0.05, 0) is 19.1 Å². The average molecular weight is 233 g/mol. The summed E-state index contributed by atoms with van der Waals surface area (Å²) < 4.78 is 43.2. The van der Waals surface area contributed by atoms with Gasteiger partial charge in [0.25, 0.3) is 5.91 Å². The summed E-state index contributed by atoms with van der Waals surface area (Å²) in [5, 5.41) is 2.08. The molecule has 1 amide bonds. The predicted molar refractivity (Wildman–Crippen MR) is 51.4 cm³/mol. The molecule has 0 aliphatic rings. The summed E-state index contributed by atoms with van der Waals surface area (Å²) in [4.78, 5) is 11.3. The maximum Gasteiger partial charge on any atom is 0.253 e. The molecule has 0 aliphatic carbocycles. The van der Waals surface area contributed by atoms with E-state index in [1.807, 2.05) is 0 Å². The quantitative estimate of drug-likeness (QED) is 0.812. The van der Waals surface area contributed by atoms with Gasteiger partial charge in [-0.25, -0.2) is 13.2 Å². The Hall–Kier alpha value is -1.56. The van der Waals surface area contributed by atoms with Crippen LogP contribution in [-0.4, -0.2) is 19.1 Å². The smallest absolute Gasteiger partial charge is 0.253 e. The molecule has 1 aromatic rings.